The van der Waals surface area contributed by atoms with Gasteiger partial charge in [0.25, 0.3) is 5.91 Å². The van der Waals surface area contributed by atoms with Crippen LogP contribution in [0.15, 0.2) is 21.5 Å². The van der Waals surface area contributed by atoms with E-state index < -0.39 is 15.9 Å². The second-order valence-corrected chi connectivity index (χ2v) is 7.06. The summed E-state index contributed by atoms with van der Waals surface area (Å²) in [5, 5.41) is 7.95. The van der Waals surface area contributed by atoms with E-state index in [1.165, 1.54) is 12.1 Å². The fourth-order valence-electron chi connectivity index (χ4n) is 1.59. The summed E-state index contributed by atoms with van der Waals surface area (Å²) in [4.78, 5) is 11.8. The molecule has 0 bridgehead atoms. The molecule has 1 amide bonds. The van der Waals surface area contributed by atoms with Crippen molar-refractivity contribution in [3.63, 3.8) is 0 Å². The minimum absolute atomic E-state index is 0.0930. The number of carbonyl (C=O) groups is 1. The molecule has 0 atom stereocenters. The van der Waals surface area contributed by atoms with E-state index in [0.29, 0.717) is 6.54 Å². The van der Waals surface area contributed by atoms with Gasteiger partial charge in [0.1, 0.15) is 0 Å². The smallest absolute Gasteiger partial charge is 0.252 e. The first-order valence-corrected chi connectivity index (χ1v) is 8.79. The van der Waals surface area contributed by atoms with E-state index in [4.69, 9.17) is 16.7 Å². The van der Waals surface area contributed by atoms with Crippen molar-refractivity contribution in [1.82, 2.24) is 5.32 Å². The third-order valence-corrected chi connectivity index (χ3v) is 4.82. The van der Waals surface area contributed by atoms with E-state index in [2.05, 4.69) is 28.2 Å². The van der Waals surface area contributed by atoms with Gasteiger partial charge in [0.05, 0.1) is 15.5 Å². The second-order valence-electron chi connectivity index (χ2n) is 4.27. The molecule has 0 fully saturated rings. The van der Waals surface area contributed by atoms with Gasteiger partial charge in [-0.05, 0) is 34.5 Å². The van der Waals surface area contributed by atoms with Crippen LogP contribution < -0.4 is 10.5 Å². The quantitative estimate of drug-likeness (QED) is 0.740. The molecule has 20 heavy (non-hydrogen) atoms. The first-order chi connectivity index (χ1) is 9.27. The lowest BCUT2D eigenvalue weighted by molar-refractivity contribution is 0.0953. The van der Waals surface area contributed by atoms with E-state index in [1.807, 2.05) is 0 Å². The van der Waals surface area contributed by atoms with Gasteiger partial charge in [0.15, 0.2) is 0 Å². The maximum atomic E-state index is 12.0. The highest BCUT2D eigenvalue weighted by Gasteiger charge is 2.19. The molecular weight excluding hydrogens is 368 g/mol. The Morgan fingerprint density at radius 3 is 2.60 bits per heavy atom. The summed E-state index contributed by atoms with van der Waals surface area (Å²) in [5.74, 6) is -0.413. The number of nitrogens with two attached hydrogens (primary N) is 1. The van der Waals surface area contributed by atoms with Gasteiger partial charge < -0.3 is 5.32 Å². The molecule has 3 N–H and O–H groups in total. The first-order valence-electron chi connectivity index (χ1n) is 6.07. The SMILES string of the molecule is CCCCCNC(=O)c1cc(S(N)(=O)=O)c(Br)cc1Cl. The molecular formula is C12H16BrClN2O3S. The predicted octanol–water partition coefficient (Wildman–Crippen LogP) is 2.67. The number of sulfonamides is 1. The van der Waals surface area contributed by atoms with Crippen LogP contribution in [-0.4, -0.2) is 20.9 Å². The fraction of sp³-hybridized carbons (Fsp3) is 0.417. The minimum Gasteiger partial charge on any atom is -0.352 e. The molecule has 5 nitrogen and oxygen atoms in total. The van der Waals surface area contributed by atoms with Gasteiger partial charge in [-0.2, -0.15) is 0 Å². The maximum Gasteiger partial charge on any atom is 0.252 e. The lowest BCUT2D eigenvalue weighted by Gasteiger charge is -2.09. The predicted molar refractivity (Wildman–Crippen MR) is 82.4 cm³/mol. The Bertz CT molecular complexity index is 605. The Balaban J connectivity index is 2.98. The van der Waals surface area contributed by atoms with Crippen LogP contribution >= 0.6 is 27.5 Å². The summed E-state index contributed by atoms with van der Waals surface area (Å²) in [6.45, 7) is 2.58. The van der Waals surface area contributed by atoms with Crippen LogP contribution in [0.25, 0.3) is 0 Å². The third kappa shape index (κ3) is 4.73. The molecule has 0 aliphatic rings. The molecule has 112 valence electrons. The third-order valence-electron chi connectivity index (χ3n) is 2.64. The van der Waals surface area contributed by atoms with Gasteiger partial charge in [-0.3, -0.25) is 4.79 Å². The molecule has 0 saturated heterocycles. The number of unbranched alkanes of at least 4 members (excludes halogenated alkanes) is 2. The van der Waals surface area contributed by atoms with Crippen molar-refractivity contribution in [2.24, 2.45) is 5.14 Å². The molecule has 1 aromatic rings. The van der Waals surface area contributed by atoms with Crippen LogP contribution in [0, 0.1) is 0 Å². The number of benzene rings is 1. The number of rotatable bonds is 6. The maximum absolute atomic E-state index is 12.0. The normalized spacial score (nSPS) is 11.4. The summed E-state index contributed by atoms with van der Waals surface area (Å²) in [5.41, 5.74) is 0.0930. The van der Waals surface area contributed by atoms with Crippen molar-refractivity contribution in [2.45, 2.75) is 31.1 Å². The zero-order valence-corrected chi connectivity index (χ0v) is 14.1. The molecule has 0 spiro atoms. The zero-order chi connectivity index (χ0) is 15.3. The van der Waals surface area contributed by atoms with Crippen LogP contribution in [0.3, 0.4) is 0 Å². The fourth-order valence-corrected chi connectivity index (χ4v) is 3.61. The molecule has 8 heteroatoms. The Kier molecular flexibility index (Phi) is 6.44. The van der Waals surface area contributed by atoms with Crippen LogP contribution in [-0.2, 0) is 10.0 Å². The van der Waals surface area contributed by atoms with Gasteiger partial charge in [-0.15, -0.1) is 0 Å². The largest absolute Gasteiger partial charge is 0.352 e. The van der Waals surface area contributed by atoms with Gasteiger partial charge in [-0.25, -0.2) is 13.6 Å². The van der Waals surface area contributed by atoms with Crippen molar-refractivity contribution >= 4 is 43.5 Å². The van der Waals surface area contributed by atoms with Crippen molar-refractivity contribution < 1.29 is 13.2 Å². The molecule has 0 unspecified atom stereocenters. The van der Waals surface area contributed by atoms with E-state index in [9.17, 15) is 13.2 Å². The molecule has 0 aromatic heterocycles. The van der Waals surface area contributed by atoms with Crippen molar-refractivity contribution in [1.29, 1.82) is 0 Å². The van der Waals surface area contributed by atoms with E-state index in [1.54, 1.807) is 0 Å². The van der Waals surface area contributed by atoms with Gasteiger partial charge in [0, 0.05) is 11.0 Å². The number of halogens is 2. The van der Waals surface area contributed by atoms with Crippen LogP contribution in [0.4, 0.5) is 0 Å². The first kappa shape index (κ1) is 17.4. The molecule has 0 saturated carbocycles. The Labute approximate surface area is 132 Å². The lowest BCUT2D eigenvalue weighted by Crippen LogP contribution is -2.25. The molecule has 1 rings (SSSR count). The number of primary sulfonamides is 1. The Hall–Kier alpha value is -0.630. The molecule has 0 aliphatic heterocycles. The van der Waals surface area contributed by atoms with Crippen LogP contribution in [0.1, 0.15) is 36.5 Å². The Morgan fingerprint density at radius 2 is 2.05 bits per heavy atom. The minimum atomic E-state index is -3.92. The van der Waals surface area contributed by atoms with Crippen molar-refractivity contribution in [3.8, 4) is 0 Å². The molecule has 0 heterocycles. The summed E-state index contributed by atoms with van der Waals surface area (Å²) in [7, 11) is -3.92. The van der Waals surface area contributed by atoms with Gasteiger partial charge >= 0.3 is 0 Å². The summed E-state index contributed by atoms with van der Waals surface area (Å²) in [6, 6.07) is 2.53. The summed E-state index contributed by atoms with van der Waals surface area (Å²) in [6.07, 6.45) is 2.92. The summed E-state index contributed by atoms with van der Waals surface area (Å²) < 4.78 is 23.1. The van der Waals surface area contributed by atoms with Crippen molar-refractivity contribution in [3.05, 3.63) is 27.2 Å². The number of amides is 1. The topological polar surface area (TPSA) is 89.3 Å². The van der Waals surface area contributed by atoms with Crippen LogP contribution in [0.2, 0.25) is 5.02 Å². The Morgan fingerprint density at radius 1 is 1.40 bits per heavy atom. The van der Waals surface area contributed by atoms with E-state index in [-0.39, 0.29) is 20.0 Å². The molecule has 0 radical (unpaired) electrons. The number of nitrogens with one attached hydrogen (secondary N) is 1. The molecule has 1 aromatic carbocycles. The van der Waals surface area contributed by atoms with Crippen molar-refractivity contribution in [2.75, 3.05) is 6.54 Å². The van der Waals surface area contributed by atoms with Gasteiger partial charge in [-0.1, -0.05) is 31.4 Å². The highest BCUT2D eigenvalue weighted by molar-refractivity contribution is 9.10. The summed E-state index contributed by atoms with van der Waals surface area (Å²) >= 11 is 9.02. The van der Waals surface area contributed by atoms with E-state index in [0.717, 1.165) is 19.3 Å². The molecule has 0 aliphatic carbocycles. The number of carbonyl (C=O) groups excluding carboxylic acids is 1. The average Bonchev–Trinajstić information content (AvgIpc) is 2.32. The standard InChI is InChI=1S/C12H16BrClN2O3S/c1-2-3-4-5-16-12(17)8-6-11(20(15,18)19)9(13)7-10(8)14/h6-7H,2-5H2,1H3,(H,16,17)(H2,15,18,19). The monoisotopic (exact) mass is 382 g/mol. The lowest BCUT2D eigenvalue weighted by atomic mass is 10.2. The second kappa shape index (κ2) is 7.40. The van der Waals surface area contributed by atoms with Crippen LogP contribution in [0.5, 0.6) is 0 Å². The zero-order valence-electron chi connectivity index (χ0n) is 10.9. The van der Waals surface area contributed by atoms with Gasteiger partial charge in [0.2, 0.25) is 10.0 Å². The number of hydrogen-bond donors (Lipinski definition) is 2. The highest BCUT2D eigenvalue weighted by atomic mass is 79.9. The number of hydrogen-bond acceptors (Lipinski definition) is 3. The highest BCUT2D eigenvalue weighted by Crippen LogP contribution is 2.28. The van der Waals surface area contributed by atoms with E-state index >= 15 is 0 Å². The average molecular weight is 384 g/mol.